The Morgan fingerprint density at radius 1 is 1.31 bits per heavy atom. The van der Waals surface area contributed by atoms with Gasteiger partial charge in [-0.15, -0.1) is 0 Å². The fourth-order valence-electron chi connectivity index (χ4n) is 2.03. The lowest BCUT2D eigenvalue weighted by Crippen LogP contribution is -2.29. The minimum absolute atomic E-state index is 0.104. The fraction of sp³-hybridized carbons (Fsp3) is 0.692. The maximum Gasteiger partial charge on any atom is 0.145 e. The summed E-state index contributed by atoms with van der Waals surface area (Å²) in [4.78, 5) is 9.10. The average molecular weight is 219 g/mol. The Labute approximate surface area is 97.7 Å². The zero-order valence-corrected chi connectivity index (χ0v) is 10.5. The van der Waals surface area contributed by atoms with E-state index in [0.717, 1.165) is 24.5 Å². The lowest BCUT2D eigenvalue weighted by Gasteiger charge is -2.24. The third-order valence-corrected chi connectivity index (χ3v) is 3.06. The molecule has 1 aliphatic rings. The van der Waals surface area contributed by atoms with Crippen LogP contribution in [0.25, 0.3) is 0 Å². The smallest absolute Gasteiger partial charge is 0.145 e. The zero-order chi connectivity index (χ0) is 11.6. The molecule has 1 aromatic rings. The molecule has 2 heterocycles. The summed E-state index contributed by atoms with van der Waals surface area (Å²) < 4.78 is 0. The minimum Gasteiger partial charge on any atom is -0.307 e. The molecule has 0 radical (unpaired) electrons. The van der Waals surface area contributed by atoms with Crippen LogP contribution in [0, 0.1) is 0 Å². The molecular formula is C13H21N3. The van der Waals surface area contributed by atoms with Crippen LogP contribution in [0.15, 0.2) is 12.3 Å². The lowest BCUT2D eigenvalue weighted by molar-refractivity contribution is 0.394. The summed E-state index contributed by atoms with van der Waals surface area (Å²) in [5.74, 6) is 0.965. The Balaban J connectivity index is 2.21. The Bertz CT molecular complexity index is 348. The van der Waals surface area contributed by atoms with Gasteiger partial charge in [0.2, 0.25) is 0 Å². The van der Waals surface area contributed by atoms with Gasteiger partial charge in [-0.05, 0) is 25.5 Å². The van der Waals surface area contributed by atoms with Crippen LogP contribution in [-0.4, -0.2) is 16.5 Å². The third kappa shape index (κ3) is 2.59. The van der Waals surface area contributed by atoms with Crippen molar-refractivity contribution in [3.63, 3.8) is 0 Å². The standard InChI is InChI=1S/C13H21N3/c1-13(2,3)11-7-9-15-12(16-11)10-6-4-5-8-14-10/h7,9-10,14H,4-6,8H2,1-3H3. The van der Waals surface area contributed by atoms with E-state index < -0.39 is 0 Å². The largest absolute Gasteiger partial charge is 0.307 e. The number of nitrogens with one attached hydrogen (secondary N) is 1. The van der Waals surface area contributed by atoms with E-state index in [1.54, 1.807) is 0 Å². The monoisotopic (exact) mass is 219 g/mol. The summed E-state index contributed by atoms with van der Waals surface area (Å²) >= 11 is 0. The first-order valence-corrected chi connectivity index (χ1v) is 6.14. The number of hydrogen-bond acceptors (Lipinski definition) is 3. The molecule has 16 heavy (non-hydrogen) atoms. The molecule has 1 N–H and O–H groups in total. The van der Waals surface area contributed by atoms with Gasteiger partial charge in [-0.3, -0.25) is 0 Å². The Morgan fingerprint density at radius 2 is 2.12 bits per heavy atom. The van der Waals surface area contributed by atoms with Gasteiger partial charge in [0.25, 0.3) is 0 Å². The van der Waals surface area contributed by atoms with Crippen molar-refractivity contribution in [2.75, 3.05) is 6.54 Å². The van der Waals surface area contributed by atoms with Crippen LogP contribution in [0.5, 0.6) is 0 Å². The summed E-state index contributed by atoms with van der Waals surface area (Å²) in [6.07, 6.45) is 5.60. The van der Waals surface area contributed by atoms with E-state index in [4.69, 9.17) is 4.98 Å². The molecule has 1 aliphatic heterocycles. The highest BCUT2D eigenvalue weighted by atomic mass is 15.0. The van der Waals surface area contributed by atoms with E-state index >= 15 is 0 Å². The fourth-order valence-corrected chi connectivity index (χ4v) is 2.03. The minimum atomic E-state index is 0.104. The van der Waals surface area contributed by atoms with Gasteiger partial charge in [0, 0.05) is 17.3 Å². The maximum atomic E-state index is 4.69. The van der Waals surface area contributed by atoms with Crippen molar-refractivity contribution in [3.05, 3.63) is 23.8 Å². The van der Waals surface area contributed by atoms with Gasteiger partial charge in [0.1, 0.15) is 5.82 Å². The predicted octanol–water partition coefficient (Wildman–Crippen LogP) is 2.59. The van der Waals surface area contributed by atoms with Gasteiger partial charge in [-0.2, -0.15) is 0 Å². The Hall–Kier alpha value is -0.960. The maximum absolute atomic E-state index is 4.69. The summed E-state index contributed by atoms with van der Waals surface area (Å²) in [6, 6.07) is 2.38. The molecule has 0 bridgehead atoms. The van der Waals surface area contributed by atoms with Gasteiger partial charge >= 0.3 is 0 Å². The number of rotatable bonds is 1. The molecule has 1 saturated heterocycles. The van der Waals surface area contributed by atoms with Gasteiger partial charge in [-0.25, -0.2) is 9.97 Å². The molecule has 0 spiro atoms. The molecule has 88 valence electrons. The summed E-state index contributed by atoms with van der Waals surface area (Å²) in [5.41, 5.74) is 1.23. The summed E-state index contributed by atoms with van der Waals surface area (Å²) in [7, 11) is 0. The Morgan fingerprint density at radius 3 is 2.75 bits per heavy atom. The number of hydrogen-bond donors (Lipinski definition) is 1. The SMILES string of the molecule is CC(C)(C)c1ccnc(C2CCCCN2)n1. The van der Waals surface area contributed by atoms with Crippen molar-refractivity contribution < 1.29 is 0 Å². The lowest BCUT2D eigenvalue weighted by atomic mass is 9.92. The van der Waals surface area contributed by atoms with Gasteiger partial charge in [-0.1, -0.05) is 27.2 Å². The second-order valence-electron chi connectivity index (χ2n) is 5.55. The molecule has 0 saturated carbocycles. The van der Waals surface area contributed by atoms with Crippen LogP contribution in [0.4, 0.5) is 0 Å². The highest BCUT2D eigenvalue weighted by Crippen LogP contribution is 2.23. The molecule has 1 aromatic heterocycles. The van der Waals surface area contributed by atoms with Crippen molar-refractivity contribution in [1.82, 2.24) is 15.3 Å². The van der Waals surface area contributed by atoms with Crippen molar-refractivity contribution in [2.24, 2.45) is 0 Å². The van der Waals surface area contributed by atoms with Crippen molar-refractivity contribution >= 4 is 0 Å². The molecule has 3 nitrogen and oxygen atoms in total. The summed E-state index contributed by atoms with van der Waals surface area (Å²) in [6.45, 7) is 7.65. The normalized spacial score (nSPS) is 22.1. The van der Waals surface area contributed by atoms with E-state index in [1.165, 1.54) is 12.8 Å². The number of nitrogens with zero attached hydrogens (tertiary/aromatic N) is 2. The first-order valence-electron chi connectivity index (χ1n) is 6.14. The van der Waals surface area contributed by atoms with Crippen molar-refractivity contribution in [3.8, 4) is 0 Å². The van der Waals surface area contributed by atoms with Crippen molar-refractivity contribution in [2.45, 2.75) is 51.5 Å². The second kappa shape index (κ2) is 4.50. The van der Waals surface area contributed by atoms with Crippen LogP contribution in [0.2, 0.25) is 0 Å². The van der Waals surface area contributed by atoms with Crippen LogP contribution in [0.1, 0.15) is 57.6 Å². The van der Waals surface area contributed by atoms with E-state index in [9.17, 15) is 0 Å². The second-order valence-corrected chi connectivity index (χ2v) is 5.55. The molecule has 3 heteroatoms. The molecular weight excluding hydrogens is 198 g/mol. The van der Waals surface area contributed by atoms with Crippen molar-refractivity contribution in [1.29, 1.82) is 0 Å². The van der Waals surface area contributed by atoms with E-state index in [0.29, 0.717) is 6.04 Å². The van der Waals surface area contributed by atoms with Crippen LogP contribution < -0.4 is 5.32 Å². The van der Waals surface area contributed by atoms with Gasteiger partial charge in [0.05, 0.1) is 6.04 Å². The molecule has 1 fully saturated rings. The first kappa shape index (κ1) is 11.5. The molecule has 0 aromatic carbocycles. The van der Waals surface area contributed by atoms with Gasteiger partial charge < -0.3 is 5.32 Å². The van der Waals surface area contributed by atoms with E-state index in [2.05, 4.69) is 31.1 Å². The third-order valence-electron chi connectivity index (χ3n) is 3.06. The van der Waals surface area contributed by atoms with E-state index in [1.807, 2.05) is 12.3 Å². The molecule has 2 rings (SSSR count). The highest BCUT2D eigenvalue weighted by Gasteiger charge is 2.20. The number of piperidine rings is 1. The highest BCUT2D eigenvalue weighted by molar-refractivity contribution is 5.13. The molecule has 1 atom stereocenters. The topological polar surface area (TPSA) is 37.8 Å². The number of aromatic nitrogens is 2. The average Bonchev–Trinajstić information content (AvgIpc) is 2.29. The van der Waals surface area contributed by atoms with Gasteiger partial charge in [0.15, 0.2) is 0 Å². The quantitative estimate of drug-likeness (QED) is 0.789. The first-order chi connectivity index (χ1) is 7.57. The van der Waals surface area contributed by atoms with Crippen LogP contribution in [0.3, 0.4) is 0 Å². The molecule has 0 amide bonds. The van der Waals surface area contributed by atoms with E-state index in [-0.39, 0.29) is 5.41 Å². The van der Waals surface area contributed by atoms with Crippen LogP contribution >= 0.6 is 0 Å². The van der Waals surface area contributed by atoms with Crippen LogP contribution in [-0.2, 0) is 5.41 Å². The zero-order valence-electron chi connectivity index (χ0n) is 10.5. The molecule has 0 aliphatic carbocycles. The Kier molecular flexibility index (Phi) is 3.24. The summed E-state index contributed by atoms with van der Waals surface area (Å²) in [5, 5.41) is 3.49. The molecule has 1 unspecified atom stereocenters. The predicted molar refractivity (Wildman–Crippen MR) is 65.3 cm³/mol.